The van der Waals surface area contributed by atoms with Gasteiger partial charge in [0.1, 0.15) is 0 Å². The first-order chi connectivity index (χ1) is 6.40. The fourth-order valence-electron chi connectivity index (χ4n) is 0.909. The minimum atomic E-state index is -0.658. The van der Waals surface area contributed by atoms with Crippen molar-refractivity contribution in [2.75, 3.05) is 6.61 Å². The molecule has 0 amide bonds. The molecular formula is C12H18F2O. The van der Waals surface area contributed by atoms with Crippen LogP contribution >= 0.6 is 0 Å². The second kappa shape index (κ2) is 5.10. The van der Waals surface area contributed by atoms with Crippen LogP contribution < -0.4 is 4.74 Å². The molecule has 0 aliphatic heterocycles. The van der Waals surface area contributed by atoms with Gasteiger partial charge in [-0.2, -0.15) is 0 Å². The quantitative estimate of drug-likeness (QED) is 0.725. The van der Waals surface area contributed by atoms with Gasteiger partial charge >= 0.3 is 0 Å². The molecule has 0 bridgehead atoms. The van der Waals surface area contributed by atoms with Crippen molar-refractivity contribution in [2.45, 2.75) is 28.2 Å². The molecule has 0 saturated carbocycles. The van der Waals surface area contributed by atoms with Crippen LogP contribution in [0.15, 0.2) is 18.2 Å². The van der Waals surface area contributed by atoms with Crippen molar-refractivity contribution >= 4 is 0 Å². The molecular weight excluding hydrogens is 198 g/mol. The minimum Gasteiger partial charge on any atom is -0.487 e. The van der Waals surface area contributed by atoms with E-state index in [2.05, 4.69) is 0 Å². The Morgan fingerprint density at radius 3 is 2.00 bits per heavy atom. The third kappa shape index (κ3) is 4.28. The zero-order valence-corrected chi connectivity index (χ0v) is 8.60. The summed E-state index contributed by atoms with van der Waals surface area (Å²) < 4.78 is 31.2. The number of hydrogen-bond acceptors (Lipinski definition) is 1. The van der Waals surface area contributed by atoms with E-state index in [1.807, 2.05) is 20.8 Å². The number of hydrogen-bond donors (Lipinski definition) is 0. The maximum atomic E-state index is 13.1. The van der Waals surface area contributed by atoms with Crippen LogP contribution in [-0.4, -0.2) is 6.61 Å². The van der Waals surface area contributed by atoms with Crippen LogP contribution in [0.5, 0.6) is 5.75 Å². The van der Waals surface area contributed by atoms with Gasteiger partial charge in [-0.15, -0.1) is 0 Å². The predicted molar refractivity (Wildman–Crippen MR) is 58.0 cm³/mol. The zero-order valence-electron chi connectivity index (χ0n) is 8.60. The van der Waals surface area contributed by atoms with E-state index in [1.165, 1.54) is 18.2 Å². The fraction of sp³-hybridized carbons (Fsp3) is 0.500. The van der Waals surface area contributed by atoms with Crippen LogP contribution in [0, 0.1) is 17.0 Å². The Balaban J connectivity index is 0.00000196. The van der Waals surface area contributed by atoms with E-state index in [9.17, 15) is 8.78 Å². The standard InChI is InChI=1S/C11H14F2O.CH4/c1-11(2,3)7-14-10-8(12)5-4-6-9(10)13;/h4-6H,7H2,1-3H3;1H4. The Morgan fingerprint density at radius 2 is 1.60 bits per heavy atom. The lowest BCUT2D eigenvalue weighted by atomic mass is 9.99. The largest absolute Gasteiger partial charge is 0.487 e. The van der Waals surface area contributed by atoms with E-state index in [-0.39, 0.29) is 25.2 Å². The van der Waals surface area contributed by atoms with E-state index >= 15 is 0 Å². The van der Waals surface area contributed by atoms with Gasteiger partial charge in [0.15, 0.2) is 17.4 Å². The monoisotopic (exact) mass is 216 g/mol. The first kappa shape index (κ1) is 13.9. The first-order valence-corrected chi connectivity index (χ1v) is 4.47. The molecule has 1 nitrogen and oxygen atoms in total. The van der Waals surface area contributed by atoms with Crippen molar-refractivity contribution in [1.82, 2.24) is 0 Å². The van der Waals surface area contributed by atoms with Crippen molar-refractivity contribution < 1.29 is 13.5 Å². The van der Waals surface area contributed by atoms with Crippen molar-refractivity contribution in [1.29, 1.82) is 0 Å². The van der Waals surface area contributed by atoms with E-state index in [4.69, 9.17) is 4.74 Å². The molecule has 0 heterocycles. The Kier molecular flexibility index (Phi) is 4.72. The van der Waals surface area contributed by atoms with Crippen LogP contribution in [-0.2, 0) is 0 Å². The Hall–Kier alpha value is -1.12. The van der Waals surface area contributed by atoms with E-state index in [0.29, 0.717) is 0 Å². The van der Waals surface area contributed by atoms with Gasteiger partial charge in [-0.25, -0.2) is 8.78 Å². The van der Waals surface area contributed by atoms with Crippen molar-refractivity contribution in [3.63, 3.8) is 0 Å². The van der Waals surface area contributed by atoms with E-state index in [1.54, 1.807) is 0 Å². The summed E-state index contributed by atoms with van der Waals surface area (Å²) in [5, 5.41) is 0. The number of ether oxygens (including phenoxy) is 1. The van der Waals surface area contributed by atoms with Gasteiger partial charge in [0, 0.05) is 0 Å². The molecule has 1 aromatic rings. The smallest absolute Gasteiger partial charge is 0.190 e. The van der Waals surface area contributed by atoms with Gasteiger partial charge in [0.05, 0.1) is 6.61 Å². The van der Waals surface area contributed by atoms with Gasteiger partial charge < -0.3 is 4.74 Å². The number of para-hydroxylation sites is 1. The first-order valence-electron chi connectivity index (χ1n) is 4.47. The maximum Gasteiger partial charge on any atom is 0.190 e. The lowest BCUT2D eigenvalue weighted by Gasteiger charge is -2.19. The van der Waals surface area contributed by atoms with Crippen molar-refractivity contribution in [3.05, 3.63) is 29.8 Å². The van der Waals surface area contributed by atoms with Crippen LogP contribution in [0.4, 0.5) is 8.78 Å². The molecule has 0 fully saturated rings. The molecule has 0 atom stereocenters. The Bertz CT molecular complexity index is 296. The third-order valence-electron chi connectivity index (χ3n) is 1.57. The van der Waals surface area contributed by atoms with Gasteiger partial charge in [-0.3, -0.25) is 0 Å². The summed E-state index contributed by atoms with van der Waals surface area (Å²) in [6, 6.07) is 3.68. The number of halogens is 2. The van der Waals surface area contributed by atoms with Crippen LogP contribution in [0.3, 0.4) is 0 Å². The molecule has 15 heavy (non-hydrogen) atoms. The third-order valence-corrected chi connectivity index (χ3v) is 1.57. The Morgan fingerprint density at radius 1 is 1.13 bits per heavy atom. The average molecular weight is 216 g/mol. The summed E-state index contributed by atoms with van der Waals surface area (Å²) in [6.07, 6.45) is 0. The maximum absolute atomic E-state index is 13.1. The highest BCUT2D eigenvalue weighted by molar-refractivity contribution is 5.26. The SMILES string of the molecule is C.CC(C)(C)COc1c(F)cccc1F. The summed E-state index contributed by atoms with van der Waals surface area (Å²) in [5.74, 6) is -1.61. The molecule has 1 rings (SSSR count). The van der Waals surface area contributed by atoms with Gasteiger partial charge in [0.2, 0.25) is 0 Å². The molecule has 0 N–H and O–H groups in total. The lowest BCUT2D eigenvalue weighted by Crippen LogP contribution is -2.17. The summed E-state index contributed by atoms with van der Waals surface area (Å²) >= 11 is 0. The molecule has 86 valence electrons. The summed E-state index contributed by atoms with van der Waals surface area (Å²) in [6.45, 7) is 6.09. The Labute approximate surface area is 90.1 Å². The predicted octanol–water partition coefficient (Wildman–Crippen LogP) is 4.03. The summed E-state index contributed by atoms with van der Waals surface area (Å²) in [5.41, 5.74) is -0.116. The van der Waals surface area contributed by atoms with Gasteiger partial charge in [-0.05, 0) is 17.5 Å². The normalized spacial score (nSPS) is 10.7. The zero-order chi connectivity index (χ0) is 10.8. The second-order valence-electron chi connectivity index (χ2n) is 4.40. The van der Waals surface area contributed by atoms with Crippen LogP contribution in [0.2, 0.25) is 0 Å². The number of rotatable bonds is 2. The molecule has 0 aromatic heterocycles. The van der Waals surface area contributed by atoms with Crippen LogP contribution in [0.1, 0.15) is 28.2 Å². The van der Waals surface area contributed by atoms with Crippen molar-refractivity contribution in [2.24, 2.45) is 5.41 Å². The van der Waals surface area contributed by atoms with E-state index < -0.39 is 11.6 Å². The van der Waals surface area contributed by atoms with Gasteiger partial charge in [-0.1, -0.05) is 34.3 Å². The highest BCUT2D eigenvalue weighted by Crippen LogP contribution is 2.23. The molecule has 0 aliphatic rings. The van der Waals surface area contributed by atoms with Gasteiger partial charge in [0.25, 0.3) is 0 Å². The van der Waals surface area contributed by atoms with Crippen molar-refractivity contribution in [3.8, 4) is 5.75 Å². The summed E-state index contributed by atoms with van der Waals surface area (Å²) in [7, 11) is 0. The second-order valence-corrected chi connectivity index (χ2v) is 4.40. The highest BCUT2D eigenvalue weighted by atomic mass is 19.1. The lowest BCUT2D eigenvalue weighted by molar-refractivity contribution is 0.184. The molecule has 0 saturated heterocycles. The fourth-order valence-corrected chi connectivity index (χ4v) is 0.909. The molecule has 1 aromatic carbocycles. The van der Waals surface area contributed by atoms with E-state index in [0.717, 1.165) is 0 Å². The highest BCUT2D eigenvalue weighted by Gasteiger charge is 2.15. The molecule has 0 aliphatic carbocycles. The molecule has 0 radical (unpaired) electrons. The molecule has 0 spiro atoms. The topological polar surface area (TPSA) is 9.23 Å². The summed E-state index contributed by atoms with van der Waals surface area (Å²) in [4.78, 5) is 0. The molecule has 3 heteroatoms. The molecule has 0 unspecified atom stereocenters. The minimum absolute atomic E-state index is 0. The number of benzene rings is 1. The average Bonchev–Trinajstić information content (AvgIpc) is 2.01. The van der Waals surface area contributed by atoms with Crippen LogP contribution in [0.25, 0.3) is 0 Å².